The molecule has 2 aromatic rings. The molecule has 0 fully saturated rings. The van der Waals surface area contributed by atoms with E-state index in [2.05, 4.69) is 4.98 Å². The van der Waals surface area contributed by atoms with Crippen molar-refractivity contribution in [1.29, 1.82) is 0 Å². The summed E-state index contributed by atoms with van der Waals surface area (Å²) in [5.41, 5.74) is -1.13. The van der Waals surface area contributed by atoms with Gasteiger partial charge in [-0.3, -0.25) is 4.98 Å². The fraction of sp³-hybridized carbons (Fsp3) is 0. The van der Waals surface area contributed by atoms with Gasteiger partial charge in [-0.05, 0) is 18.2 Å². The van der Waals surface area contributed by atoms with Gasteiger partial charge < -0.3 is 9.90 Å². The van der Waals surface area contributed by atoms with Gasteiger partial charge in [-0.2, -0.15) is 0 Å². The average Bonchev–Trinajstić information content (AvgIpc) is 2.29. The molecule has 92 valence electrons. The molecule has 6 heteroatoms. The van der Waals surface area contributed by atoms with Crippen molar-refractivity contribution in [3.63, 3.8) is 0 Å². The van der Waals surface area contributed by atoms with Crippen molar-refractivity contribution in [2.24, 2.45) is 0 Å². The number of hydrogen-bond acceptors (Lipinski definition) is 3. The molecule has 1 aromatic carbocycles. The Labute approximate surface area is 106 Å². The summed E-state index contributed by atoms with van der Waals surface area (Å²) in [6.45, 7) is 0. The van der Waals surface area contributed by atoms with E-state index in [1.165, 1.54) is 12.1 Å². The number of carbonyl (C=O) groups excluding carboxylic acids is 1. The van der Waals surface area contributed by atoms with Gasteiger partial charge in [-0.15, -0.1) is 0 Å². The maximum absolute atomic E-state index is 13.7. The van der Waals surface area contributed by atoms with Gasteiger partial charge in [-0.25, -0.2) is 8.78 Å². The van der Waals surface area contributed by atoms with Crippen molar-refractivity contribution >= 4 is 17.6 Å². The van der Waals surface area contributed by atoms with Crippen molar-refractivity contribution in [2.45, 2.75) is 0 Å². The van der Waals surface area contributed by atoms with E-state index in [1.807, 2.05) is 0 Å². The topological polar surface area (TPSA) is 53.0 Å². The number of aromatic nitrogens is 1. The molecule has 0 amide bonds. The third kappa shape index (κ3) is 2.17. The maximum atomic E-state index is 13.7. The van der Waals surface area contributed by atoms with E-state index < -0.39 is 28.7 Å². The largest absolute Gasteiger partial charge is 0.545 e. The summed E-state index contributed by atoms with van der Waals surface area (Å²) >= 11 is 5.57. The van der Waals surface area contributed by atoms with Crippen LogP contribution >= 0.6 is 11.6 Å². The molecular weight excluding hydrogens is 264 g/mol. The lowest BCUT2D eigenvalue weighted by Gasteiger charge is -2.11. The average molecular weight is 269 g/mol. The predicted molar refractivity (Wildman–Crippen MR) is 58.9 cm³/mol. The predicted octanol–water partition coefficient (Wildman–Crippen LogP) is 2.04. The quantitative estimate of drug-likeness (QED) is 0.837. The molecule has 0 aliphatic rings. The number of carboxylic acids is 1. The first-order valence-corrected chi connectivity index (χ1v) is 5.18. The molecule has 2 rings (SSSR count). The number of pyridine rings is 1. The third-order valence-electron chi connectivity index (χ3n) is 2.32. The van der Waals surface area contributed by atoms with E-state index >= 15 is 0 Å². The third-order valence-corrected chi connectivity index (χ3v) is 2.56. The van der Waals surface area contributed by atoms with Crippen molar-refractivity contribution in [1.82, 2.24) is 4.98 Å². The Morgan fingerprint density at radius 3 is 2.56 bits per heavy atom. The monoisotopic (exact) mass is 268 g/mol. The van der Waals surface area contributed by atoms with E-state index in [9.17, 15) is 18.7 Å². The standard InChI is InChI=1S/C12H6ClF2NO2/c13-6-1-2-7(9(14)3-6)11-8(12(17)18)4-16-5-10(11)15/h1-5H,(H,17,18)/p-1. The van der Waals surface area contributed by atoms with Gasteiger partial charge in [0.1, 0.15) is 11.6 Å². The Morgan fingerprint density at radius 2 is 1.94 bits per heavy atom. The minimum atomic E-state index is -1.63. The molecule has 0 spiro atoms. The van der Waals surface area contributed by atoms with Gasteiger partial charge in [0.25, 0.3) is 0 Å². The summed E-state index contributed by atoms with van der Waals surface area (Å²) in [7, 11) is 0. The molecule has 0 saturated carbocycles. The van der Waals surface area contributed by atoms with Gasteiger partial charge in [-0.1, -0.05) is 11.6 Å². The highest BCUT2D eigenvalue weighted by molar-refractivity contribution is 6.30. The number of carboxylic acid groups (broad SMARTS) is 1. The number of hydrogen-bond donors (Lipinski definition) is 0. The van der Waals surface area contributed by atoms with Crippen LogP contribution in [0.15, 0.2) is 30.6 Å². The molecule has 0 bridgehead atoms. The minimum absolute atomic E-state index is 0.126. The number of carbonyl (C=O) groups is 1. The zero-order chi connectivity index (χ0) is 13.3. The van der Waals surface area contributed by atoms with Gasteiger partial charge in [0, 0.05) is 27.9 Å². The van der Waals surface area contributed by atoms with Gasteiger partial charge in [0.05, 0.1) is 12.2 Å². The van der Waals surface area contributed by atoms with Crippen LogP contribution in [-0.2, 0) is 0 Å². The van der Waals surface area contributed by atoms with E-state index in [4.69, 9.17) is 11.6 Å². The van der Waals surface area contributed by atoms with Crippen molar-refractivity contribution in [3.05, 3.63) is 52.8 Å². The summed E-state index contributed by atoms with van der Waals surface area (Å²) in [5, 5.41) is 11.0. The fourth-order valence-corrected chi connectivity index (χ4v) is 1.71. The van der Waals surface area contributed by atoms with Crippen molar-refractivity contribution < 1.29 is 18.7 Å². The highest BCUT2D eigenvalue weighted by atomic mass is 35.5. The highest BCUT2D eigenvalue weighted by Crippen LogP contribution is 2.29. The van der Waals surface area contributed by atoms with E-state index in [1.54, 1.807) is 0 Å². The van der Waals surface area contributed by atoms with Gasteiger partial charge >= 0.3 is 0 Å². The van der Waals surface area contributed by atoms with Crippen LogP contribution in [0.25, 0.3) is 11.1 Å². The Kier molecular flexibility index (Phi) is 3.25. The lowest BCUT2D eigenvalue weighted by molar-refractivity contribution is -0.255. The SMILES string of the molecule is O=C([O-])c1cncc(F)c1-c1ccc(Cl)cc1F. The Morgan fingerprint density at radius 1 is 1.22 bits per heavy atom. The number of benzene rings is 1. The lowest BCUT2D eigenvalue weighted by Crippen LogP contribution is -2.23. The first-order valence-electron chi connectivity index (χ1n) is 4.81. The van der Waals surface area contributed by atoms with Gasteiger partial charge in [0.15, 0.2) is 0 Å². The summed E-state index contributed by atoms with van der Waals surface area (Å²) in [5.74, 6) is -3.40. The number of nitrogens with zero attached hydrogens (tertiary/aromatic N) is 1. The van der Waals surface area contributed by atoms with Crippen LogP contribution in [0, 0.1) is 11.6 Å². The van der Waals surface area contributed by atoms with Crippen LogP contribution in [0.4, 0.5) is 8.78 Å². The van der Waals surface area contributed by atoms with Crippen molar-refractivity contribution in [3.8, 4) is 11.1 Å². The second-order valence-corrected chi connectivity index (χ2v) is 3.89. The van der Waals surface area contributed by atoms with E-state index in [-0.39, 0.29) is 10.6 Å². The first-order chi connectivity index (χ1) is 8.50. The Hall–Kier alpha value is -2.01. The molecule has 0 saturated heterocycles. The summed E-state index contributed by atoms with van der Waals surface area (Å²) in [6.07, 6.45) is 1.71. The maximum Gasteiger partial charge on any atom is 0.150 e. The number of halogens is 3. The minimum Gasteiger partial charge on any atom is -0.545 e. The second kappa shape index (κ2) is 4.70. The molecule has 0 radical (unpaired) electrons. The molecule has 1 heterocycles. The second-order valence-electron chi connectivity index (χ2n) is 3.46. The molecule has 0 N–H and O–H groups in total. The zero-order valence-electron chi connectivity index (χ0n) is 8.78. The van der Waals surface area contributed by atoms with Crippen LogP contribution in [0.5, 0.6) is 0 Å². The normalized spacial score (nSPS) is 10.4. The fourth-order valence-electron chi connectivity index (χ4n) is 1.56. The first kappa shape index (κ1) is 12.4. The Balaban J connectivity index is 2.74. The lowest BCUT2D eigenvalue weighted by atomic mass is 10.0. The van der Waals surface area contributed by atoms with Crippen LogP contribution in [0.3, 0.4) is 0 Å². The summed E-state index contributed by atoms with van der Waals surface area (Å²) in [6, 6.07) is 3.50. The molecule has 0 atom stereocenters. The van der Waals surface area contributed by atoms with Crippen LogP contribution in [-0.4, -0.2) is 11.0 Å². The molecule has 0 aliphatic heterocycles. The van der Waals surface area contributed by atoms with Crippen LogP contribution < -0.4 is 5.11 Å². The summed E-state index contributed by atoms with van der Waals surface area (Å²) < 4.78 is 27.3. The van der Waals surface area contributed by atoms with E-state index in [0.717, 1.165) is 18.5 Å². The molecular formula is C12H5ClF2NO2-. The van der Waals surface area contributed by atoms with Crippen LogP contribution in [0.2, 0.25) is 5.02 Å². The van der Waals surface area contributed by atoms with Gasteiger partial charge in [0.2, 0.25) is 0 Å². The molecule has 3 nitrogen and oxygen atoms in total. The number of rotatable bonds is 2. The molecule has 1 aromatic heterocycles. The molecule has 18 heavy (non-hydrogen) atoms. The molecule has 0 unspecified atom stereocenters. The summed E-state index contributed by atoms with van der Waals surface area (Å²) in [4.78, 5) is 14.3. The molecule has 0 aliphatic carbocycles. The Bertz CT molecular complexity index is 631. The zero-order valence-corrected chi connectivity index (χ0v) is 9.54. The van der Waals surface area contributed by atoms with E-state index in [0.29, 0.717) is 0 Å². The van der Waals surface area contributed by atoms with Crippen molar-refractivity contribution in [2.75, 3.05) is 0 Å². The smallest absolute Gasteiger partial charge is 0.150 e. The van der Waals surface area contributed by atoms with Crippen LogP contribution in [0.1, 0.15) is 10.4 Å². The highest BCUT2D eigenvalue weighted by Gasteiger charge is 2.16. The number of aromatic carboxylic acids is 1.